The van der Waals surface area contributed by atoms with Crippen LogP contribution in [0.3, 0.4) is 0 Å². The summed E-state index contributed by atoms with van der Waals surface area (Å²) in [6, 6.07) is 10.5. The number of rotatable bonds is 4. The van der Waals surface area contributed by atoms with Crippen LogP contribution in [0, 0.1) is 24.0 Å². The van der Waals surface area contributed by atoms with Crippen molar-refractivity contribution in [1.82, 2.24) is 0 Å². The number of nitrogens with one attached hydrogen (secondary N) is 1. The van der Waals surface area contributed by atoms with E-state index in [1.807, 2.05) is 32.0 Å². The first kappa shape index (κ1) is 14.3. The molecule has 0 aliphatic heterocycles. The number of halogens is 1. The average molecular weight is 291 g/mol. The van der Waals surface area contributed by atoms with Crippen LogP contribution in [0.25, 0.3) is 0 Å². The fourth-order valence-corrected chi connectivity index (χ4v) is 2.26. The van der Waals surface area contributed by atoms with Crippen molar-refractivity contribution in [1.29, 1.82) is 0 Å². The van der Waals surface area contributed by atoms with Crippen LogP contribution in [-0.4, -0.2) is 4.92 Å². The lowest BCUT2D eigenvalue weighted by molar-refractivity contribution is -0.384. The molecule has 2 aromatic rings. The standard InChI is InChI=1S/C15H15ClN2O2/c1-10-4-3-5-11(2)13(10)9-17-15-8-12(18(19)20)6-7-14(15)16/h3-8,17H,9H2,1-2H3. The van der Waals surface area contributed by atoms with Gasteiger partial charge in [0.2, 0.25) is 0 Å². The first-order valence-corrected chi connectivity index (χ1v) is 6.59. The SMILES string of the molecule is Cc1cccc(C)c1CNc1cc([N+](=O)[O-])ccc1Cl. The number of nitro groups is 1. The molecule has 1 N–H and O–H groups in total. The summed E-state index contributed by atoms with van der Waals surface area (Å²) in [7, 11) is 0. The van der Waals surface area contributed by atoms with Gasteiger partial charge in [0.05, 0.1) is 15.6 Å². The third kappa shape index (κ3) is 3.08. The minimum Gasteiger partial charge on any atom is -0.380 e. The molecule has 0 fully saturated rings. The molecule has 0 amide bonds. The molecule has 0 aliphatic carbocycles. The minimum atomic E-state index is -0.430. The minimum absolute atomic E-state index is 0.0263. The predicted octanol–water partition coefficient (Wildman–Crippen LogP) is 4.48. The van der Waals surface area contributed by atoms with E-state index >= 15 is 0 Å². The molecule has 0 saturated carbocycles. The number of anilines is 1. The van der Waals surface area contributed by atoms with Crippen molar-refractivity contribution < 1.29 is 4.92 Å². The second-order valence-corrected chi connectivity index (χ2v) is 5.05. The van der Waals surface area contributed by atoms with Crippen molar-refractivity contribution in [2.24, 2.45) is 0 Å². The van der Waals surface area contributed by atoms with Gasteiger partial charge in [-0.3, -0.25) is 10.1 Å². The monoisotopic (exact) mass is 290 g/mol. The Morgan fingerprint density at radius 2 is 1.85 bits per heavy atom. The Kier molecular flexibility index (Phi) is 4.25. The molecule has 0 heterocycles. The van der Waals surface area contributed by atoms with E-state index in [-0.39, 0.29) is 5.69 Å². The maximum absolute atomic E-state index is 10.8. The Balaban J connectivity index is 2.23. The molecule has 2 aromatic carbocycles. The van der Waals surface area contributed by atoms with E-state index in [0.29, 0.717) is 17.3 Å². The maximum Gasteiger partial charge on any atom is 0.271 e. The van der Waals surface area contributed by atoms with Gasteiger partial charge >= 0.3 is 0 Å². The predicted molar refractivity (Wildman–Crippen MR) is 81.3 cm³/mol. The van der Waals surface area contributed by atoms with E-state index in [9.17, 15) is 10.1 Å². The number of benzene rings is 2. The summed E-state index contributed by atoms with van der Waals surface area (Å²) in [6.07, 6.45) is 0. The molecule has 0 spiro atoms. The van der Waals surface area contributed by atoms with Gasteiger partial charge in [-0.15, -0.1) is 0 Å². The van der Waals surface area contributed by atoms with E-state index in [1.54, 1.807) is 0 Å². The van der Waals surface area contributed by atoms with Crippen LogP contribution in [-0.2, 0) is 6.54 Å². The van der Waals surface area contributed by atoms with Gasteiger partial charge in [-0.25, -0.2) is 0 Å². The summed E-state index contributed by atoms with van der Waals surface area (Å²) >= 11 is 6.06. The lowest BCUT2D eigenvalue weighted by Crippen LogP contribution is -2.04. The van der Waals surface area contributed by atoms with Gasteiger partial charge in [-0.05, 0) is 36.6 Å². The smallest absolute Gasteiger partial charge is 0.271 e. The van der Waals surface area contributed by atoms with E-state index in [4.69, 9.17) is 11.6 Å². The summed E-state index contributed by atoms with van der Waals surface area (Å²) in [5.74, 6) is 0. The van der Waals surface area contributed by atoms with Crippen molar-refractivity contribution in [2.45, 2.75) is 20.4 Å². The normalized spacial score (nSPS) is 10.3. The number of hydrogen-bond donors (Lipinski definition) is 1. The van der Waals surface area contributed by atoms with Crippen LogP contribution in [0.15, 0.2) is 36.4 Å². The van der Waals surface area contributed by atoms with Crippen LogP contribution >= 0.6 is 11.6 Å². The Labute approximate surface area is 122 Å². The Hall–Kier alpha value is -2.07. The van der Waals surface area contributed by atoms with Crippen molar-refractivity contribution in [3.05, 3.63) is 68.2 Å². The van der Waals surface area contributed by atoms with Crippen molar-refractivity contribution in [3.63, 3.8) is 0 Å². The Bertz CT molecular complexity index is 636. The van der Waals surface area contributed by atoms with Gasteiger partial charge in [-0.1, -0.05) is 29.8 Å². The summed E-state index contributed by atoms with van der Waals surface area (Å²) < 4.78 is 0. The van der Waals surface area contributed by atoms with Crippen molar-refractivity contribution in [2.75, 3.05) is 5.32 Å². The fraction of sp³-hybridized carbons (Fsp3) is 0.200. The molecule has 2 rings (SSSR count). The highest BCUT2D eigenvalue weighted by atomic mass is 35.5. The average Bonchev–Trinajstić information content (AvgIpc) is 2.39. The van der Waals surface area contributed by atoms with Crippen LogP contribution in [0.4, 0.5) is 11.4 Å². The van der Waals surface area contributed by atoms with Gasteiger partial charge < -0.3 is 5.32 Å². The first-order valence-electron chi connectivity index (χ1n) is 6.22. The van der Waals surface area contributed by atoms with Gasteiger partial charge in [0.1, 0.15) is 0 Å². The van der Waals surface area contributed by atoms with E-state index in [1.165, 1.54) is 34.9 Å². The largest absolute Gasteiger partial charge is 0.380 e. The van der Waals surface area contributed by atoms with Gasteiger partial charge in [-0.2, -0.15) is 0 Å². The van der Waals surface area contributed by atoms with E-state index in [2.05, 4.69) is 5.32 Å². The Morgan fingerprint density at radius 1 is 1.20 bits per heavy atom. The van der Waals surface area contributed by atoms with Crippen molar-refractivity contribution >= 4 is 23.0 Å². The highest BCUT2D eigenvalue weighted by molar-refractivity contribution is 6.33. The van der Waals surface area contributed by atoms with Gasteiger partial charge in [0, 0.05) is 18.7 Å². The zero-order valence-electron chi connectivity index (χ0n) is 11.3. The number of non-ortho nitro benzene ring substituents is 1. The molecule has 104 valence electrons. The van der Waals surface area contributed by atoms with Crippen LogP contribution in [0.5, 0.6) is 0 Å². The Morgan fingerprint density at radius 3 is 2.45 bits per heavy atom. The second-order valence-electron chi connectivity index (χ2n) is 4.65. The molecule has 0 aromatic heterocycles. The van der Waals surface area contributed by atoms with E-state index < -0.39 is 4.92 Å². The first-order chi connectivity index (χ1) is 9.49. The molecule has 0 unspecified atom stereocenters. The molecule has 0 saturated heterocycles. The molecular weight excluding hydrogens is 276 g/mol. The highest BCUT2D eigenvalue weighted by Gasteiger charge is 2.10. The van der Waals surface area contributed by atoms with Crippen LogP contribution < -0.4 is 5.32 Å². The quantitative estimate of drug-likeness (QED) is 0.667. The molecule has 0 radical (unpaired) electrons. The summed E-state index contributed by atoms with van der Waals surface area (Å²) in [4.78, 5) is 10.4. The fourth-order valence-electron chi connectivity index (χ4n) is 2.07. The number of nitro benzene ring substituents is 1. The third-order valence-electron chi connectivity index (χ3n) is 3.26. The number of nitrogens with zero attached hydrogens (tertiary/aromatic N) is 1. The van der Waals surface area contributed by atoms with E-state index in [0.717, 1.165) is 0 Å². The van der Waals surface area contributed by atoms with Gasteiger partial charge in [0.25, 0.3) is 5.69 Å². The zero-order chi connectivity index (χ0) is 14.7. The topological polar surface area (TPSA) is 55.2 Å². The molecule has 5 heteroatoms. The molecule has 20 heavy (non-hydrogen) atoms. The van der Waals surface area contributed by atoms with Crippen LogP contribution in [0.2, 0.25) is 5.02 Å². The molecular formula is C15H15ClN2O2. The van der Waals surface area contributed by atoms with Gasteiger partial charge in [0.15, 0.2) is 0 Å². The molecule has 4 nitrogen and oxygen atoms in total. The number of hydrogen-bond acceptors (Lipinski definition) is 3. The molecule has 0 atom stereocenters. The number of aryl methyl sites for hydroxylation is 2. The van der Waals surface area contributed by atoms with Crippen LogP contribution in [0.1, 0.15) is 16.7 Å². The third-order valence-corrected chi connectivity index (χ3v) is 3.59. The molecule has 0 bridgehead atoms. The summed E-state index contributed by atoms with van der Waals surface area (Å²) in [5.41, 5.74) is 4.13. The second kappa shape index (κ2) is 5.92. The lowest BCUT2D eigenvalue weighted by Gasteiger charge is -2.12. The molecule has 0 aliphatic rings. The maximum atomic E-state index is 10.8. The zero-order valence-corrected chi connectivity index (χ0v) is 12.1. The highest BCUT2D eigenvalue weighted by Crippen LogP contribution is 2.27. The lowest BCUT2D eigenvalue weighted by atomic mass is 10.0. The van der Waals surface area contributed by atoms with Crippen molar-refractivity contribution in [3.8, 4) is 0 Å². The summed E-state index contributed by atoms with van der Waals surface area (Å²) in [6.45, 7) is 4.66. The summed E-state index contributed by atoms with van der Waals surface area (Å²) in [5, 5.41) is 14.4.